The summed E-state index contributed by atoms with van der Waals surface area (Å²) in [6, 6.07) is 0.527. The summed E-state index contributed by atoms with van der Waals surface area (Å²) in [6.07, 6.45) is 6.47. The van der Waals surface area contributed by atoms with Crippen molar-refractivity contribution in [2.45, 2.75) is 52.0 Å². The van der Waals surface area contributed by atoms with Crippen molar-refractivity contribution in [2.75, 3.05) is 7.05 Å². The van der Waals surface area contributed by atoms with Gasteiger partial charge in [0.05, 0.1) is 10.7 Å². The lowest BCUT2D eigenvalue weighted by Gasteiger charge is -2.34. The van der Waals surface area contributed by atoms with Crippen LogP contribution in [-0.2, 0) is 12.8 Å². The second-order valence-corrected chi connectivity index (χ2v) is 7.57. The first-order valence-electron chi connectivity index (χ1n) is 6.73. The largest absolute Gasteiger partial charge is 0.312 e. The molecule has 0 bridgehead atoms. The first-order chi connectivity index (χ1) is 8.07. The summed E-state index contributed by atoms with van der Waals surface area (Å²) in [6.45, 7) is 4.72. The predicted molar refractivity (Wildman–Crippen MR) is 72.4 cm³/mol. The van der Waals surface area contributed by atoms with Crippen molar-refractivity contribution in [1.82, 2.24) is 10.3 Å². The fourth-order valence-electron chi connectivity index (χ4n) is 2.87. The van der Waals surface area contributed by atoms with Crippen molar-refractivity contribution in [3.63, 3.8) is 0 Å². The number of hydrogen-bond donors (Lipinski definition) is 1. The molecule has 1 aromatic rings. The molecule has 0 aromatic carbocycles. The number of thiazole rings is 1. The van der Waals surface area contributed by atoms with E-state index in [1.165, 1.54) is 41.3 Å². The molecule has 1 atom stereocenters. The standard InChI is InChI=1S/C14H22N2S/c1-14(2)7-10(15-3)13-11(8-14)16-12(17-13)6-9-4-5-9/h9-10,15H,4-8H2,1-3H3. The Morgan fingerprint density at radius 2 is 2.18 bits per heavy atom. The van der Waals surface area contributed by atoms with Gasteiger partial charge in [0, 0.05) is 17.3 Å². The van der Waals surface area contributed by atoms with E-state index < -0.39 is 0 Å². The van der Waals surface area contributed by atoms with E-state index in [4.69, 9.17) is 4.98 Å². The predicted octanol–water partition coefficient (Wildman–Crippen LogP) is 3.33. The van der Waals surface area contributed by atoms with Gasteiger partial charge in [0.1, 0.15) is 0 Å². The summed E-state index contributed by atoms with van der Waals surface area (Å²) < 4.78 is 0. The van der Waals surface area contributed by atoms with Crippen LogP contribution in [0.2, 0.25) is 0 Å². The average Bonchev–Trinajstić information content (AvgIpc) is 2.96. The molecule has 3 heteroatoms. The van der Waals surface area contributed by atoms with Crippen LogP contribution in [0.25, 0.3) is 0 Å². The molecule has 94 valence electrons. The Balaban J connectivity index is 1.88. The lowest BCUT2D eigenvalue weighted by Crippen LogP contribution is -2.30. The van der Waals surface area contributed by atoms with Gasteiger partial charge in [-0.1, -0.05) is 13.8 Å². The maximum Gasteiger partial charge on any atom is 0.0934 e. The summed E-state index contributed by atoms with van der Waals surface area (Å²) in [7, 11) is 2.08. The fraction of sp³-hybridized carbons (Fsp3) is 0.786. The zero-order chi connectivity index (χ0) is 12.0. The van der Waals surface area contributed by atoms with E-state index in [2.05, 4.69) is 26.2 Å². The van der Waals surface area contributed by atoms with Crippen LogP contribution in [0.4, 0.5) is 0 Å². The van der Waals surface area contributed by atoms with E-state index in [1.807, 2.05) is 11.3 Å². The van der Waals surface area contributed by atoms with Crippen LogP contribution in [-0.4, -0.2) is 12.0 Å². The molecule has 3 rings (SSSR count). The maximum atomic E-state index is 4.90. The quantitative estimate of drug-likeness (QED) is 0.890. The van der Waals surface area contributed by atoms with Gasteiger partial charge < -0.3 is 5.32 Å². The topological polar surface area (TPSA) is 24.9 Å². The normalized spacial score (nSPS) is 26.9. The van der Waals surface area contributed by atoms with Gasteiger partial charge in [0.25, 0.3) is 0 Å². The van der Waals surface area contributed by atoms with Crippen molar-refractivity contribution in [2.24, 2.45) is 11.3 Å². The van der Waals surface area contributed by atoms with Crippen LogP contribution >= 0.6 is 11.3 Å². The molecule has 0 radical (unpaired) electrons. The third kappa shape index (κ3) is 2.41. The van der Waals surface area contributed by atoms with Crippen LogP contribution in [0, 0.1) is 11.3 Å². The molecule has 0 saturated heterocycles. The van der Waals surface area contributed by atoms with E-state index in [0.717, 1.165) is 12.3 Å². The van der Waals surface area contributed by atoms with Gasteiger partial charge in [-0.3, -0.25) is 0 Å². The molecule has 1 unspecified atom stereocenters. The molecule has 1 saturated carbocycles. The highest BCUT2D eigenvalue weighted by Gasteiger charge is 2.35. The zero-order valence-electron chi connectivity index (χ0n) is 11.0. The minimum Gasteiger partial charge on any atom is -0.312 e. The highest BCUT2D eigenvalue weighted by atomic mass is 32.1. The Labute approximate surface area is 108 Å². The van der Waals surface area contributed by atoms with Crippen molar-refractivity contribution < 1.29 is 0 Å². The lowest BCUT2D eigenvalue weighted by molar-refractivity contribution is 0.265. The Kier molecular flexibility index (Phi) is 2.79. The molecule has 17 heavy (non-hydrogen) atoms. The Hall–Kier alpha value is -0.410. The zero-order valence-corrected chi connectivity index (χ0v) is 11.9. The first-order valence-corrected chi connectivity index (χ1v) is 7.55. The van der Waals surface area contributed by atoms with Crippen LogP contribution in [0.3, 0.4) is 0 Å². The molecule has 2 nitrogen and oxygen atoms in total. The van der Waals surface area contributed by atoms with Gasteiger partial charge in [0.15, 0.2) is 0 Å². The summed E-state index contributed by atoms with van der Waals surface area (Å²) in [5, 5.41) is 4.85. The van der Waals surface area contributed by atoms with Gasteiger partial charge in [-0.2, -0.15) is 0 Å². The number of nitrogens with one attached hydrogen (secondary N) is 1. The smallest absolute Gasteiger partial charge is 0.0934 e. The molecule has 0 amide bonds. The number of rotatable bonds is 3. The minimum absolute atomic E-state index is 0.394. The van der Waals surface area contributed by atoms with Crippen molar-refractivity contribution in [1.29, 1.82) is 0 Å². The maximum absolute atomic E-state index is 4.90. The highest BCUT2D eigenvalue weighted by Crippen LogP contribution is 2.44. The second kappa shape index (κ2) is 4.06. The average molecular weight is 250 g/mol. The van der Waals surface area contributed by atoms with Crippen molar-refractivity contribution in [3.05, 3.63) is 15.6 Å². The summed E-state index contributed by atoms with van der Waals surface area (Å²) in [4.78, 5) is 6.42. The first kappa shape index (κ1) is 11.7. The fourth-order valence-corrected chi connectivity index (χ4v) is 4.18. The summed E-state index contributed by atoms with van der Waals surface area (Å²) in [5.41, 5.74) is 1.77. The highest BCUT2D eigenvalue weighted by molar-refractivity contribution is 7.11. The van der Waals surface area contributed by atoms with Crippen LogP contribution in [0.1, 0.15) is 54.7 Å². The second-order valence-electron chi connectivity index (χ2n) is 6.45. The molecular weight excluding hydrogens is 228 g/mol. The summed E-state index contributed by atoms with van der Waals surface area (Å²) >= 11 is 1.96. The molecule has 1 N–H and O–H groups in total. The number of fused-ring (bicyclic) bond motifs is 1. The van der Waals surface area contributed by atoms with Crippen LogP contribution < -0.4 is 5.32 Å². The van der Waals surface area contributed by atoms with Crippen LogP contribution in [0.15, 0.2) is 0 Å². The van der Waals surface area contributed by atoms with E-state index in [9.17, 15) is 0 Å². The van der Waals surface area contributed by atoms with Crippen molar-refractivity contribution in [3.8, 4) is 0 Å². The van der Waals surface area contributed by atoms with Gasteiger partial charge >= 0.3 is 0 Å². The monoisotopic (exact) mass is 250 g/mol. The third-order valence-corrected chi connectivity index (χ3v) is 5.23. The van der Waals surface area contributed by atoms with Crippen LogP contribution in [0.5, 0.6) is 0 Å². The molecule has 1 fully saturated rings. The number of nitrogens with zero attached hydrogens (tertiary/aromatic N) is 1. The van der Waals surface area contributed by atoms with E-state index in [1.54, 1.807) is 0 Å². The Morgan fingerprint density at radius 3 is 2.82 bits per heavy atom. The molecule has 2 aliphatic carbocycles. The molecule has 0 spiro atoms. The van der Waals surface area contributed by atoms with Gasteiger partial charge in [-0.15, -0.1) is 11.3 Å². The van der Waals surface area contributed by atoms with E-state index in [0.29, 0.717) is 11.5 Å². The molecule has 0 aliphatic heterocycles. The summed E-state index contributed by atoms with van der Waals surface area (Å²) in [5.74, 6) is 0.948. The Morgan fingerprint density at radius 1 is 1.41 bits per heavy atom. The van der Waals surface area contributed by atoms with Gasteiger partial charge in [-0.05, 0) is 44.1 Å². The Bertz CT molecular complexity index is 418. The molecule has 1 heterocycles. The van der Waals surface area contributed by atoms with Gasteiger partial charge in [-0.25, -0.2) is 4.98 Å². The number of hydrogen-bond acceptors (Lipinski definition) is 3. The third-order valence-electron chi connectivity index (χ3n) is 4.00. The van der Waals surface area contributed by atoms with E-state index in [-0.39, 0.29) is 0 Å². The number of aromatic nitrogens is 1. The van der Waals surface area contributed by atoms with E-state index >= 15 is 0 Å². The van der Waals surface area contributed by atoms with Gasteiger partial charge in [0.2, 0.25) is 0 Å². The molecule has 1 aromatic heterocycles. The molecular formula is C14H22N2S. The molecule has 2 aliphatic rings. The van der Waals surface area contributed by atoms with Crippen molar-refractivity contribution >= 4 is 11.3 Å². The minimum atomic E-state index is 0.394. The SMILES string of the molecule is CNC1CC(C)(C)Cc2nc(CC3CC3)sc21. The lowest BCUT2D eigenvalue weighted by atomic mass is 9.76.